The second-order valence-electron chi connectivity index (χ2n) is 5.13. The van der Waals surface area contributed by atoms with Crippen molar-refractivity contribution in [2.75, 3.05) is 0 Å². The lowest BCUT2D eigenvalue weighted by Crippen LogP contribution is -2.34. The van der Waals surface area contributed by atoms with Gasteiger partial charge in [0.2, 0.25) is 0 Å². The van der Waals surface area contributed by atoms with Gasteiger partial charge in [-0.2, -0.15) is 0 Å². The number of rotatable bonds is 2. The third-order valence-electron chi connectivity index (χ3n) is 2.26. The van der Waals surface area contributed by atoms with Crippen molar-refractivity contribution in [3.63, 3.8) is 0 Å². The molecule has 0 saturated carbocycles. The van der Waals surface area contributed by atoms with E-state index in [-0.39, 0.29) is 6.04 Å². The Bertz CT molecular complexity index is 486. The molecule has 0 aliphatic heterocycles. The summed E-state index contributed by atoms with van der Waals surface area (Å²) in [6.07, 6.45) is -0.481. The molecule has 0 aromatic heterocycles. The van der Waals surface area contributed by atoms with Gasteiger partial charge in [0.25, 0.3) is 0 Å². The maximum atomic E-state index is 11.7. The van der Waals surface area contributed by atoms with Gasteiger partial charge < -0.3 is 10.1 Å². The summed E-state index contributed by atoms with van der Waals surface area (Å²) in [5.41, 5.74) is 0.232. The van der Waals surface area contributed by atoms with Crippen LogP contribution in [0.4, 0.5) is 4.79 Å². The van der Waals surface area contributed by atoms with Gasteiger partial charge in [0.05, 0.1) is 16.1 Å². The van der Waals surface area contributed by atoms with E-state index >= 15 is 0 Å². The zero-order valence-corrected chi connectivity index (χ0v) is 14.9. The highest BCUT2D eigenvalue weighted by molar-refractivity contribution is 14.1. The Morgan fingerprint density at radius 1 is 1.32 bits per heavy atom. The Morgan fingerprint density at radius 2 is 1.89 bits per heavy atom. The highest BCUT2D eigenvalue weighted by Gasteiger charge is 2.20. The lowest BCUT2D eigenvalue weighted by Gasteiger charge is -2.22. The molecule has 0 heterocycles. The lowest BCUT2D eigenvalue weighted by atomic mass is 10.1. The fraction of sp³-hybridized carbons (Fsp3) is 0.462. The Morgan fingerprint density at radius 3 is 2.42 bits per heavy atom. The standard InChI is InChI=1S/C13H16Cl2INO2/c1-7(17-12(18)19-13(2,3)4)8-5-6-9(16)11(15)10(8)14/h5-7H,1-4H3,(H,17,18)/t7-/m0/s1. The third kappa shape index (κ3) is 5.00. The lowest BCUT2D eigenvalue weighted by molar-refractivity contribution is 0.0508. The molecule has 1 atom stereocenters. The first-order chi connectivity index (χ1) is 8.61. The number of hydrogen-bond donors (Lipinski definition) is 1. The number of benzene rings is 1. The van der Waals surface area contributed by atoms with Crippen LogP contribution in [0.3, 0.4) is 0 Å². The molecule has 0 aliphatic rings. The molecule has 1 N–H and O–H groups in total. The Labute approximate surface area is 137 Å². The second-order valence-corrected chi connectivity index (χ2v) is 7.05. The first-order valence-electron chi connectivity index (χ1n) is 5.74. The molecule has 0 saturated heterocycles. The van der Waals surface area contributed by atoms with E-state index in [4.69, 9.17) is 27.9 Å². The van der Waals surface area contributed by atoms with Crippen molar-refractivity contribution in [2.45, 2.75) is 39.3 Å². The van der Waals surface area contributed by atoms with Crippen LogP contribution in [0.2, 0.25) is 10.0 Å². The van der Waals surface area contributed by atoms with Crippen molar-refractivity contribution in [1.82, 2.24) is 5.32 Å². The quantitative estimate of drug-likeness (QED) is 0.533. The largest absolute Gasteiger partial charge is 0.444 e. The minimum absolute atomic E-state index is 0.281. The molecule has 6 heteroatoms. The molecule has 1 rings (SSSR count). The van der Waals surface area contributed by atoms with Gasteiger partial charge in [0, 0.05) is 3.57 Å². The molecule has 3 nitrogen and oxygen atoms in total. The number of hydrogen-bond acceptors (Lipinski definition) is 2. The van der Waals surface area contributed by atoms with E-state index in [0.717, 1.165) is 9.13 Å². The topological polar surface area (TPSA) is 38.3 Å². The predicted octanol–water partition coefficient (Wildman–Crippen LogP) is 5.18. The van der Waals surface area contributed by atoms with Crippen molar-refractivity contribution in [1.29, 1.82) is 0 Å². The van der Waals surface area contributed by atoms with Gasteiger partial charge in [-0.05, 0) is 61.9 Å². The van der Waals surface area contributed by atoms with Crippen molar-refractivity contribution in [2.24, 2.45) is 0 Å². The number of amides is 1. The summed E-state index contributed by atoms with van der Waals surface area (Å²) in [6, 6.07) is 3.42. The highest BCUT2D eigenvalue weighted by Crippen LogP contribution is 2.33. The molecule has 0 spiro atoms. The molecule has 1 aromatic carbocycles. The minimum atomic E-state index is -0.530. The molecule has 0 fully saturated rings. The molecule has 1 amide bonds. The van der Waals surface area contributed by atoms with Crippen LogP contribution in [-0.4, -0.2) is 11.7 Å². The van der Waals surface area contributed by atoms with Gasteiger partial charge in [-0.1, -0.05) is 29.3 Å². The van der Waals surface area contributed by atoms with E-state index in [1.165, 1.54) is 0 Å². The number of alkyl carbamates (subject to hydrolysis) is 1. The molecule has 106 valence electrons. The summed E-state index contributed by atoms with van der Waals surface area (Å²) in [6.45, 7) is 7.26. The van der Waals surface area contributed by atoms with Gasteiger partial charge in [-0.15, -0.1) is 0 Å². The van der Waals surface area contributed by atoms with E-state index in [2.05, 4.69) is 27.9 Å². The highest BCUT2D eigenvalue weighted by atomic mass is 127. The Hall–Kier alpha value is -0.200. The van der Waals surface area contributed by atoms with Gasteiger partial charge >= 0.3 is 6.09 Å². The van der Waals surface area contributed by atoms with E-state index < -0.39 is 11.7 Å². The number of nitrogens with one attached hydrogen (secondary N) is 1. The van der Waals surface area contributed by atoms with Crippen LogP contribution in [0, 0.1) is 3.57 Å². The number of halogens is 3. The van der Waals surface area contributed by atoms with Gasteiger partial charge in [-0.3, -0.25) is 0 Å². The van der Waals surface area contributed by atoms with Crippen LogP contribution < -0.4 is 5.32 Å². The zero-order chi connectivity index (χ0) is 14.8. The minimum Gasteiger partial charge on any atom is -0.444 e. The van der Waals surface area contributed by atoms with Gasteiger partial charge in [-0.25, -0.2) is 4.79 Å². The van der Waals surface area contributed by atoms with Crippen LogP contribution in [-0.2, 0) is 4.74 Å². The normalized spacial score (nSPS) is 13.0. The summed E-state index contributed by atoms with van der Waals surface area (Å²) >= 11 is 14.4. The zero-order valence-electron chi connectivity index (χ0n) is 11.2. The van der Waals surface area contributed by atoms with Gasteiger partial charge in [0.1, 0.15) is 5.60 Å². The molecule has 0 bridgehead atoms. The molecule has 0 radical (unpaired) electrons. The first kappa shape index (κ1) is 16.9. The number of carbonyl (C=O) groups is 1. The van der Waals surface area contributed by atoms with Crippen molar-refractivity contribution in [3.8, 4) is 0 Å². The molecule has 0 aliphatic carbocycles. The Kier molecular flexibility index (Phi) is 5.77. The fourth-order valence-corrected chi connectivity index (χ4v) is 2.55. The summed E-state index contributed by atoms with van der Waals surface area (Å²) in [5, 5.41) is 3.69. The van der Waals surface area contributed by atoms with Gasteiger partial charge in [0.15, 0.2) is 0 Å². The summed E-state index contributed by atoms with van der Waals surface area (Å²) in [7, 11) is 0. The maximum absolute atomic E-state index is 11.7. The average molecular weight is 416 g/mol. The second kappa shape index (κ2) is 6.50. The third-order valence-corrected chi connectivity index (χ3v) is 4.38. The average Bonchev–Trinajstić information content (AvgIpc) is 2.23. The molecular formula is C13H16Cl2INO2. The predicted molar refractivity (Wildman–Crippen MR) is 87.0 cm³/mol. The molecule has 0 unspecified atom stereocenters. The first-order valence-corrected chi connectivity index (χ1v) is 7.58. The molecular weight excluding hydrogens is 400 g/mol. The molecule has 1 aromatic rings. The maximum Gasteiger partial charge on any atom is 0.408 e. The fourth-order valence-electron chi connectivity index (χ4n) is 1.44. The van der Waals surface area contributed by atoms with E-state index in [0.29, 0.717) is 10.0 Å². The van der Waals surface area contributed by atoms with E-state index in [1.54, 1.807) is 0 Å². The van der Waals surface area contributed by atoms with Crippen LogP contribution in [0.1, 0.15) is 39.3 Å². The summed E-state index contributed by atoms with van der Waals surface area (Å²) in [5.74, 6) is 0. The van der Waals surface area contributed by atoms with E-state index in [9.17, 15) is 4.79 Å². The van der Waals surface area contributed by atoms with Crippen molar-refractivity contribution in [3.05, 3.63) is 31.3 Å². The smallest absolute Gasteiger partial charge is 0.408 e. The summed E-state index contributed by atoms with van der Waals surface area (Å²) in [4.78, 5) is 11.7. The number of carbonyl (C=O) groups excluding carboxylic acids is 1. The number of ether oxygens (including phenoxy) is 1. The van der Waals surface area contributed by atoms with Crippen molar-refractivity contribution < 1.29 is 9.53 Å². The van der Waals surface area contributed by atoms with Crippen LogP contribution >= 0.6 is 45.8 Å². The van der Waals surface area contributed by atoms with E-state index in [1.807, 2.05) is 39.8 Å². The summed E-state index contributed by atoms with van der Waals surface area (Å²) < 4.78 is 6.07. The SMILES string of the molecule is C[C@H](NC(=O)OC(C)(C)C)c1ccc(I)c(Cl)c1Cl. The van der Waals surface area contributed by atoms with Crippen LogP contribution in [0.5, 0.6) is 0 Å². The van der Waals surface area contributed by atoms with Crippen LogP contribution in [0.15, 0.2) is 12.1 Å². The molecule has 19 heavy (non-hydrogen) atoms. The Balaban J connectivity index is 2.82. The monoisotopic (exact) mass is 415 g/mol. The van der Waals surface area contributed by atoms with Crippen LogP contribution in [0.25, 0.3) is 0 Å². The van der Waals surface area contributed by atoms with Crippen molar-refractivity contribution >= 4 is 51.9 Å².